The number of anilines is 1. The Kier molecular flexibility index (Phi) is 5.56. The van der Waals surface area contributed by atoms with E-state index < -0.39 is 0 Å². The minimum Gasteiger partial charge on any atom is -0.363 e. The van der Waals surface area contributed by atoms with Crippen LogP contribution in [0.25, 0.3) is 0 Å². The summed E-state index contributed by atoms with van der Waals surface area (Å²) in [5.41, 5.74) is 0.688. The first-order chi connectivity index (χ1) is 10.1. The number of amides is 1. The molecule has 0 aromatic carbocycles. The van der Waals surface area contributed by atoms with Crippen LogP contribution in [0.15, 0.2) is 18.3 Å². The number of nitrogens with one attached hydrogen (secondary N) is 1. The molecule has 0 unspecified atom stereocenters. The van der Waals surface area contributed by atoms with Gasteiger partial charge in [-0.25, -0.2) is 4.98 Å². The molecule has 0 aliphatic carbocycles. The fraction of sp³-hybridized carbons (Fsp3) is 0.625. The van der Waals surface area contributed by atoms with Gasteiger partial charge in [-0.15, -0.1) is 0 Å². The van der Waals surface area contributed by atoms with Crippen molar-refractivity contribution in [3.63, 3.8) is 0 Å². The van der Waals surface area contributed by atoms with E-state index >= 15 is 0 Å². The van der Waals surface area contributed by atoms with Crippen LogP contribution >= 0.6 is 0 Å². The van der Waals surface area contributed by atoms with E-state index in [-0.39, 0.29) is 5.91 Å². The van der Waals surface area contributed by atoms with E-state index in [1.807, 2.05) is 36.0 Å². The van der Waals surface area contributed by atoms with Crippen molar-refractivity contribution in [3.05, 3.63) is 23.9 Å². The first-order valence-corrected chi connectivity index (χ1v) is 7.78. The third-order valence-corrected chi connectivity index (χ3v) is 3.93. The highest BCUT2D eigenvalue weighted by Crippen LogP contribution is 2.17. The van der Waals surface area contributed by atoms with Gasteiger partial charge in [0.15, 0.2) is 0 Å². The maximum absolute atomic E-state index is 12.8. The lowest BCUT2D eigenvalue weighted by atomic mass is 10.0. The Labute approximate surface area is 127 Å². The van der Waals surface area contributed by atoms with Gasteiger partial charge in [0.05, 0.1) is 5.56 Å². The van der Waals surface area contributed by atoms with Crippen LogP contribution in [0.2, 0.25) is 0 Å². The maximum atomic E-state index is 12.8. The third-order valence-electron chi connectivity index (χ3n) is 3.93. The van der Waals surface area contributed by atoms with Gasteiger partial charge in [-0.3, -0.25) is 4.79 Å². The molecule has 1 N–H and O–H groups in total. The van der Waals surface area contributed by atoms with Crippen LogP contribution in [-0.4, -0.2) is 55.6 Å². The highest BCUT2D eigenvalue weighted by molar-refractivity contribution is 5.94. The van der Waals surface area contributed by atoms with Gasteiger partial charge in [0.2, 0.25) is 0 Å². The zero-order valence-electron chi connectivity index (χ0n) is 13.3. The quantitative estimate of drug-likeness (QED) is 0.897. The Balaban J connectivity index is 2.13. The van der Waals surface area contributed by atoms with Crippen molar-refractivity contribution >= 4 is 11.7 Å². The normalized spacial score (nSPS) is 15.8. The first kappa shape index (κ1) is 15.8. The molecule has 1 aromatic rings. The number of carbonyl (C=O) groups excluding carboxylic acids is 1. The molecule has 1 fully saturated rings. The van der Waals surface area contributed by atoms with Gasteiger partial charge >= 0.3 is 0 Å². The number of carbonyl (C=O) groups is 1. The Morgan fingerprint density at radius 2 is 2.05 bits per heavy atom. The van der Waals surface area contributed by atoms with Gasteiger partial charge in [-0.05, 0) is 44.5 Å². The summed E-state index contributed by atoms with van der Waals surface area (Å²) >= 11 is 0. The molecule has 1 aliphatic rings. The Hall–Kier alpha value is -1.62. The van der Waals surface area contributed by atoms with Crippen molar-refractivity contribution in [2.75, 3.05) is 38.6 Å². The summed E-state index contributed by atoms with van der Waals surface area (Å²) in [6.07, 6.45) is 4.75. The van der Waals surface area contributed by atoms with Crippen molar-refractivity contribution < 1.29 is 4.79 Å². The fourth-order valence-corrected chi connectivity index (χ4v) is 2.75. The molecule has 116 valence electrons. The largest absolute Gasteiger partial charge is 0.363 e. The molecule has 0 bridgehead atoms. The highest BCUT2D eigenvalue weighted by atomic mass is 16.2. The van der Waals surface area contributed by atoms with Crippen molar-refractivity contribution in [2.24, 2.45) is 0 Å². The lowest BCUT2D eigenvalue weighted by molar-refractivity contribution is 0.0642. The van der Waals surface area contributed by atoms with E-state index in [1.54, 1.807) is 6.20 Å². The van der Waals surface area contributed by atoms with E-state index in [0.29, 0.717) is 11.6 Å². The SMILES string of the molecule is CCCN(C(=O)c1ccc(N(C)C)nc1)C1CCNCC1. The molecule has 0 radical (unpaired) electrons. The average molecular weight is 290 g/mol. The second-order valence-electron chi connectivity index (χ2n) is 5.78. The molecule has 2 heterocycles. The molecule has 21 heavy (non-hydrogen) atoms. The number of hydrogen-bond acceptors (Lipinski definition) is 4. The Bertz CT molecular complexity index is 452. The van der Waals surface area contributed by atoms with Crippen molar-refractivity contribution in [1.29, 1.82) is 0 Å². The summed E-state index contributed by atoms with van der Waals surface area (Å²) in [7, 11) is 3.89. The van der Waals surface area contributed by atoms with E-state index in [0.717, 1.165) is 44.7 Å². The molecule has 1 saturated heterocycles. The van der Waals surface area contributed by atoms with Gasteiger partial charge in [0.25, 0.3) is 5.91 Å². The predicted molar refractivity (Wildman–Crippen MR) is 85.8 cm³/mol. The van der Waals surface area contributed by atoms with Gasteiger partial charge < -0.3 is 15.1 Å². The van der Waals surface area contributed by atoms with Crippen molar-refractivity contribution in [2.45, 2.75) is 32.2 Å². The van der Waals surface area contributed by atoms with Gasteiger partial charge in [-0.1, -0.05) is 6.92 Å². The fourth-order valence-electron chi connectivity index (χ4n) is 2.75. The van der Waals surface area contributed by atoms with Crippen LogP contribution in [0.3, 0.4) is 0 Å². The molecule has 1 amide bonds. The number of aromatic nitrogens is 1. The van der Waals surface area contributed by atoms with E-state index in [2.05, 4.69) is 17.2 Å². The van der Waals surface area contributed by atoms with Crippen molar-refractivity contribution in [3.8, 4) is 0 Å². The van der Waals surface area contributed by atoms with Gasteiger partial charge in [0, 0.05) is 32.9 Å². The molecular weight excluding hydrogens is 264 g/mol. The van der Waals surface area contributed by atoms with Crippen LogP contribution in [0.5, 0.6) is 0 Å². The summed E-state index contributed by atoms with van der Waals surface area (Å²) in [4.78, 5) is 21.1. The average Bonchev–Trinajstić information content (AvgIpc) is 2.53. The summed E-state index contributed by atoms with van der Waals surface area (Å²) in [6, 6.07) is 4.14. The van der Waals surface area contributed by atoms with E-state index in [1.165, 1.54) is 0 Å². The minimum absolute atomic E-state index is 0.113. The molecule has 2 rings (SSSR count). The standard InChI is InChI=1S/C16H26N4O/c1-4-11-20(14-7-9-17-10-8-14)16(21)13-5-6-15(18-12-13)19(2)3/h5-6,12,14,17H,4,7-11H2,1-3H3. The molecule has 5 nitrogen and oxygen atoms in total. The van der Waals surface area contributed by atoms with E-state index in [9.17, 15) is 4.79 Å². The van der Waals surface area contributed by atoms with Crippen LogP contribution in [0, 0.1) is 0 Å². The molecule has 5 heteroatoms. The minimum atomic E-state index is 0.113. The highest BCUT2D eigenvalue weighted by Gasteiger charge is 2.25. The third kappa shape index (κ3) is 3.94. The topological polar surface area (TPSA) is 48.5 Å². The number of hydrogen-bond donors (Lipinski definition) is 1. The second kappa shape index (κ2) is 7.41. The second-order valence-corrected chi connectivity index (χ2v) is 5.78. The number of pyridine rings is 1. The predicted octanol–water partition coefficient (Wildman–Crippen LogP) is 1.75. The summed E-state index contributed by atoms with van der Waals surface area (Å²) < 4.78 is 0. The molecule has 0 saturated carbocycles. The summed E-state index contributed by atoms with van der Waals surface area (Å²) in [5, 5.41) is 3.35. The smallest absolute Gasteiger partial charge is 0.255 e. The number of nitrogens with zero attached hydrogens (tertiary/aromatic N) is 3. The number of piperidine rings is 1. The first-order valence-electron chi connectivity index (χ1n) is 7.78. The van der Waals surface area contributed by atoms with Gasteiger partial charge in [-0.2, -0.15) is 0 Å². The lowest BCUT2D eigenvalue weighted by Crippen LogP contribution is -2.46. The summed E-state index contributed by atoms with van der Waals surface area (Å²) in [6.45, 7) is 4.93. The van der Waals surface area contributed by atoms with Crippen molar-refractivity contribution in [1.82, 2.24) is 15.2 Å². The van der Waals surface area contributed by atoms with Gasteiger partial charge in [0.1, 0.15) is 5.82 Å². The molecule has 1 aromatic heterocycles. The molecule has 1 aliphatic heterocycles. The molecule has 0 atom stereocenters. The zero-order chi connectivity index (χ0) is 15.2. The number of rotatable bonds is 5. The van der Waals surface area contributed by atoms with E-state index in [4.69, 9.17) is 0 Å². The zero-order valence-corrected chi connectivity index (χ0v) is 13.3. The summed E-state index contributed by atoms with van der Waals surface area (Å²) in [5.74, 6) is 0.983. The molecular formula is C16H26N4O. The van der Waals surface area contributed by atoms with Crippen LogP contribution in [-0.2, 0) is 0 Å². The molecule has 0 spiro atoms. The monoisotopic (exact) mass is 290 g/mol. The van der Waals surface area contributed by atoms with Crippen LogP contribution < -0.4 is 10.2 Å². The Morgan fingerprint density at radius 1 is 1.33 bits per heavy atom. The Morgan fingerprint density at radius 3 is 2.57 bits per heavy atom. The van der Waals surface area contributed by atoms with Crippen LogP contribution in [0.4, 0.5) is 5.82 Å². The van der Waals surface area contributed by atoms with Crippen LogP contribution in [0.1, 0.15) is 36.5 Å². The maximum Gasteiger partial charge on any atom is 0.255 e. The lowest BCUT2D eigenvalue weighted by Gasteiger charge is -2.34.